The number of thiazole rings is 1. The smallest absolute Gasteiger partial charge is 0.275 e. The van der Waals surface area contributed by atoms with Crippen LogP contribution in [0.1, 0.15) is 16.1 Å². The first-order valence-electron chi connectivity index (χ1n) is 7.74. The van der Waals surface area contributed by atoms with Gasteiger partial charge in [0.15, 0.2) is 11.5 Å². The number of rotatable bonds is 5. The molecule has 0 radical (unpaired) electrons. The molecule has 0 atom stereocenters. The number of halogens is 1. The van der Waals surface area contributed by atoms with Gasteiger partial charge in [0.1, 0.15) is 16.8 Å². The molecule has 27 heavy (non-hydrogen) atoms. The van der Waals surface area contributed by atoms with Gasteiger partial charge < -0.3 is 14.8 Å². The molecule has 0 fully saturated rings. The summed E-state index contributed by atoms with van der Waals surface area (Å²) in [6.45, 7) is 0. The fourth-order valence-corrected chi connectivity index (χ4v) is 3.38. The average molecular weight is 400 g/mol. The van der Waals surface area contributed by atoms with Gasteiger partial charge in [-0.1, -0.05) is 11.6 Å². The molecule has 6 nitrogen and oxygen atoms in total. The first kappa shape index (κ1) is 18.7. The van der Waals surface area contributed by atoms with Crippen molar-refractivity contribution >= 4 is 34.5 Å². The summed E-state index contributed by atoms with van der Waals surface area (Å²) in [7, 11) is 3.13. The number of methoxy groups -OCH3 is 2. The van der Waals surface area contributed by atoms with E-state index in [1.165, 1.54) is 17.4 Å². The Hall–Kier alpha value is -3.08. The second-order valence-corrected chi connectivity index (χ2v) is 6.63. The summed E-state index contributed by atoms with van der Waals surface area (Å²) in [6.07, 6.45) is 0. The van der Waals surface area contributed by atoms with Crippen LogP contribution in [0.2, 0.25) is 5.02 Å². The number of ether oxygens (including phenoxy) is 2. The van der Waals surface area contributed by atoms with Crippen LogP contribution in [0.5, 0.6) is 11.5 Å². The van der Waals surface area contributed by atoms with Crippen molar-refractivity contribution < 1.29 is 14.3 Å². The van der Waals surface area contributed by atoms with Gasteiger partial charge in [0.05, 0.1) is 24.8 Å². The second-order valence-electron chi connectivity index (χ2n) is 5.37. The van der Waals surface area contributed by atoms with Crippen LogP contribution in [0, 0.1) is 11.3 Å². The SMILES string of the molecule is COc1ccc(-c2nc(C(=O)Nc3ccc(C#N)c(Cl)c3)cs2)cc1OC. The lowest BCUT2D eigenvalue weighted by atomic mass is 10.2. The number of carbonyl (C=O) groups excluding carboxylic acids is 1. The van der Waals surface area contributed by atoms with E-state index < -0.39 is 0 Å². The van der Waals surface area contributed by atoms with Gasteiger partial charge in [0, 0.05) is 16.6 Å². The number of benzene rings is 2. The molecule has 0 aliphatic carbocycles. The molecular weight excluding hydrogens is 386 g/mol. The molecule has 3 rings (SSSR count). The third-order valence-electron chi connectivity index (χ3n) is 3.71. The lowest BCUT2D eigenvalue weighted by Crippen LogP contribution is -2.12. The number of aromatic nitrogens is 1. The van der Waals surface area contributed by atoms with E-state index in [1.54, 1.807) is 43.9 Å². The predicted octanol–water partition coefficient (Wildman–Crippen LogP) is 4.60. The Morgan fingerprint density at radius 3 is 2.63 bits per heavy atom. The number of amides is 1. The van der Waals surface area contributed by atoms with Gasteiger partial charge in [-0.2, -0.15) is 5.26 Å². The lowest BCUT2D eigenvalue weighted by molar-refractivity contribution is 0.102. The maximum Gasteiger partial charge on any atom is 0.275 e. The van der Waals surface area contributed by atoms with E-state index in [0.29, 0.717) is 27.8 Å². The van der Waals surface area contributed by atoms with Crippen LogP contribution in [0.4, 0.5) is 5.69 Å². The van der Waals surface area contributed by atoms with Gasteiger partial charge >= 0.3 is 0 Å². The molecule has 136 valence electrons. The summed E-state index contributed by atoms with van der Waals surface area (Å²) < 4.78 is 10.5. The Kier molecular flexibility index (Phi) is 5.60. The van der Waals surface area contributed by atoms with Crippen molar-refractivity contribution in [3.63, 3.8) is 0 Å². The van der Waals surface area contributed by atoms with E-state index in [2.05, 4.69) is 10.3 Å². The van der Waals surface area contributed by atoms with Gasteiger partial charge in [0.25, 0.3) is 5.91 Å². The van der Waals surface area contributed by atoms with Crippen LogP contribution >= 0.6 is 22.9 Å². The molecule has 0 unspecified atom stereocenters. The van der Waals surface area contributed by atoms with E-state index >= 15 is 0 Å². The third kappa shape index (κ3) is 4.03. The van der Waals surface area contributed by atoms with Crippen LogP contribution in [0.15, 0.2) is 41.8 Å². The molecule has 0 saturated heterocycles. The number of hydrogen-bond donors (Lipinski definition) is 1. The van der Waals surface area contributed by atoms with Crippen LogP contribution in [0.3, 0.4) is 0 Å². The van der Waals surface area contributed by atoms with Gasteiger partial charge in [-0.05, 0) is 36.4 Å². The molecule has 0 spiro atoms. The number of nitrogens with zero attached hydrogens (tertiary/aromatic N) is 2. The summed E-state index contributed by atoms with van der Waals surface area (Å²) >= 11 is 7.33. The van der Waals surface area contributed by atoms with Crippen molar-refractivity contribution in [1.29, 1.82) is 5.26 Å². The minimum absolute atomic E-state index is 0.277. The van der Waals surface area contributed by atoms with Gasteiger partial charge in [-0.25, -0.2) is 4.98 Å². The number of carbonyl (C=O) groups is 1. The van der Waals surface area contributed by atoms with Crippen molar-refractivity contribution in [2.24, 2.45) is 0 Å². The van der Waals surface area contributed by atoms with Crippen LogP contribution in [-0.4, -0.2) is 25.1 Å². The molecule has 0 aliphatic heterocycles. The molecule has 3 aromatic rings. The summed E-state index contributed by atoms with van der Waals surface area (Å²) in [4.78, 5) is 16.8. The normalized spacial score (nSPS) is 10.1. The summed E-state index contributed by atoms with van der Waals surface area (Å²) in [5.74, 6) is 0.843. The maximum atomic E-state index is 12.4. The van der Waals surface area contributed by atoms with Gasteiger partial charge in [0.2, 0.25) is 0 Å². The monoisotopic (exact) mass is 399 g/mol. The Bertz CT molecular complexity index is 1040. The van der Waals surface area contributed by atoms with Crippen molar-refractivity contribution in [3.8, 4) is 28.1 Å². The number of nitrogens with one attached hydrogen (secondary N) is 1. The van der Waals surface area contributed by atoms with Gasteiger partial charge in [-0.3, -0.25) is 4.79 Å². The van der Waals surface area contributed by atoms with Crippen LogP contribution in [0.25, 0.3) is 10.6 Å². The summed E-state index contributed by atoms with van der Waals surface area (Å²) in [5.41, 5.74) is 1.94. The minimum atomic E-state index is -0.362. The highest BCUT2D eigenvalue weighted by Crippen LogP contribution is 2.33. The standard InChI is InChI=1S/C19H14ClN3O3S/c1-25-16-6-4-11(7-17(16)26-2)19-23-15(10-27-19)18(24)22-13-5-3-12(9-21)14(20)8-13/h3-8,10H,1-2H3,(H,22,24). The Morgan fingerprint density at radius 2 is 1.96 bits per heavy atom. The topological polar surface area (TPSA) is 84.2 Å². The summed E-state index contributed by atoms with van der Waals surface area (Å²) in [6, 6.07) is 12.1. The number of nitriles is 1. The molecule has 1 amide bonds. The van der Waals surface area contributed by atoms with Crippen molar-refractivity contribution in [3.05, 3.63) is 58.1 Å². The van der Waals surface area contributed by atoms with E-state index in [1.807, 2.05) is 12.1 Å². The number of hydrogen-bond acceptors (Lipinski definition) is 6. The zero-order valence-corrected chi connectivity index (χ0v) is 16.0. The Balaban J connectivity index is 1.80. The Morgan fingerprint density at radius 1 is 1.19 bits per heavy atom. The summed E-state index contributed by atoms with van der Waals surface area (Å²) in [5, 5.41) is 14.3. The molecule has 1 aromatic heterocycles. The quantitative estimate of drug-likeness (QED) is 0.677. The van der Waals surface area contributed by atoms with Gasteiger partial charge in [-0.15, -0.1) is 11.3 Å². The molecule has 0 bridgehead atoms. The van der Waals surface area contributed by atoms with E-state index in [0.717, 1.165) is 5.56 Å². The van der Waals surface area contributed by atoms with E-state index in [9.17, 15) is 4.79 Å². The fourth-order valence-electron chi connectivity index (χ4n) is 2.36. The van der Waals surface area contributed by atoms with E-state index in [4.69, 9.17) is 26.3 Å². The molecule has 2 aromatic carbocycles. The highest BCUT2D eigenvalue weighted by Gasteiger charge is 2.14. The van der Waals surface area contributed by atoms with Crippen LogP contribution < -0.4 is 14.8 Å². The molecular formula is C19H14ClN3O3S. The zero-order chi connectivity index (χ0) is 19.4. The van der Waals surface area contributed by atoms with Crippen LogP contribution in [-0.2, 0) is 0 Å². The fraction of sp³-hybridized carbons (Fsp3) is 0.105. The largest absolute Gasteiger partial charge is 0.493 e. The maximum absolute atomic E-state index is 12.4. The molecule has 1 heterocycles. The average Bonchev–Trinajstić information content (AvgIpc) is 3.18. The highest BCUT2D eigenvalue weighted by molar-refractivity contribution is 7.13. The molecule has 0 saturated carbocycles. The lowest BCUT2D eigenvalue weighted by Gasteiger charge is -2.08. The minimum Gasteiger partial charge on any atom is -0.493 e. The zero-order valence-electron chi connectivity index (χ0n) is 14.4. The van der Waals surface area contributed by atoms with Crippen molar-refractivity contribution in [1.82, 2.24) is 4.98 Å². The number of anilines is 1. The van der Waals surface area contributed by atoms with Crippen molar-refractivity contribution in [2.75, 3.05) is 19.5 Å². The first-order chi connectivity index (χ1) is 13.0. The highest BCUT2D eigenvalue weighted by atomic mass is 35.5. The second kappa shape index (κ2) is 8.08. The van der Waals surface area contributed by atoms with E-state index in [-0.39, 0.29) is 16.6 Å². The molecule has 1 N–H and O–H groups in total. The molecule has 0 aliphatic rings. The third-order valence-corrected chi connectivity index (χ3v) is 4.92. The predicted molar refractivity (Wildman–Crippen MR) is 105 cm³/mol. The Labute approximate surface area is 164 Å². The first-order valence-corrected chi connectivity index (χ1v) is 9.00. The van der Waals surface area contributed by atoms with Crippen molar-refractivity contribution in [2.45, 2.75) is 0 Å². The molecule has 8 heteroatoms.